The monoisotopic (exact) mass is 356 g/mol. The number of aromatic nitrogens is 2. The molecule has 0 saturated heterocycles. The van der Waals surface area contributed by atoms with Crippen molar-refractivity contribution in [1.29, 1.82) is 5.26 Å². The van der Waals surface area contributed by atoms with Crippen LogP contribution in [0.4, 0.5) is 0 Å². The van der Waals surface area contributed by atoms with Gasteiger partial charge in [0.15, 0.2) is 5.16 Å². The van der Waals surface area contributed by atoms with Gasteiger partial charge in [-0.15, -0.1) is 0 Å². The lowest BCUT2D eigenvalue weighted by Crippen LogP contribution is -2.49. The van der Waals surface area contributed by atoms with Crippen molar-refractivity contribution in [2.75, 3.05) is 5.75 Å². The minimum absolute atomic E-state index is 0.0315. The molecule has 0 aliphatic heterocycles. The first-order chi connectivity index (χ1) is 11.8. The van der Waals surface area contributed by atoms with Crippen molar-refractivity contribution in [1.82, 2.24) is 14.9 Å². The molecule has 0 aliphatic rings. The Bertz CT molecular complexity index is 806. The number of amides is 1. The molecular weight excluding hydrogens is 332 g/mol. The van der Waals surface area contributed by atoms with Crippen molar-refractivity contribution in [3.05, 3.63) is 41.7 Å². The standard InChI is InChI=1S/C19H24N4OS/c1-13(2)19(5,12-20)22-17(24)11-25-18-21-8-9-23(18)16-7-6-14(3)15(4)10-16/h6-10,13H,11H2,1-5H3,(H,22,24)/t19-/m0/s1. The van der Waals surface area contributed by atoms with Crippen molar-refractivity contribution >= 4 is 17.7 Å². The normalized spacial score (nSPS) is 13.3. The number of nitrogens with one attached hydrogen (secondary N) is 1. The predicted octanol–water partition coefficient (Wildman–Crippen LogP) is 3.64. The molecule has 0 fully saturated rings. The molecule has 0 unspecified atom stereocenters. The van der Waals surface area contributed by atoms with Gasteiger partial charge in [-0.25, -0.2) is 4.98 Å². The van der Waals surface area contributed by atoms with E-state index in [0.717, 1.165) is 10.8 Å². The zero-order valence-electron chi connectivity index (χ0n) is 15.3. The van der Waals surface area contributed by atoms with E-state index in [0.29, 0.717) is 0 Å². The third kappa shape index (κ3) is 4.43. The van der Waals surface area contributed by atoms with E-state index in [4.69, 9.17) is 0 Å². The summed E-state index contributed by atoms with van der Waals surface area (Å²) in [5, 5.41) is 12.9. The highest BCUT2D eigenvalue weighted by Gasteiger charge is 2.29. The number of nitriles is 1. The molecule has 0 aliphatic carbocycles. The van der Waals surface area contributed by atoms with E-state index in [9.17, 15) is 10.1 Å². The molecule has 0 spiro atoms. The third-order valence-corrected chi connectivity index (χ3v) is 5.46. The van der Waals surface area contributed by atoms with Gasteiger partial charge in [-0.05, 0) is 49.9 Å². The van der Waals surface area contributed by atoms with Crippen LogP contribution < -0.4 is 5.32 Å². The molecule has 1 amide bonds. The van der Waals surface area contributed by atoms with Crippen molar-refractivity contribution in [3.8, 4) is 11.8 Å². The van der Waals surface area contributed by atoms with E-state index in [-0.39, 0.29) is 17.6 Å². The average molecular weight is 356 g/mol. The molecule has 0 radical (unpaired) electrons. The van der Waals surface area contributed by atoms with Crippen LogP contribution in [0.3, 0.4) is 0 Å². The van der Waals surface area contributed by atoms with Gasteiger partial charge in [0, 0.05) is 18.1 Å². The highest BCUT2D eigenvalue weighted by molar-refractivity contribution is 7.99. The van der Waals surface area contributed by atoms with Crippen molar-refractivity contribution in [3.63, 3.8) is 0 Å². The molecule has 1 atom stereocenters. The van der Waals surface area contributed by atoms with Gasteiger partial charge in [-0.1, -0.05) is 31.7 Å². The average Bonchev–Trinajstić information content (AvgIpc) is 3.03. The quantitative estimate of drug-likeness (QED) is 0.802. The molecule has 1 N–H and O–H groups in total. The minimum Gasteiger partial charge on any atom is -0.337 e. The minimum atomic E-state index is -0.860. The molecule has 1 heterocycles. The van der Waals surface area contributed by atoms with Crippen LogP contribution in [0.2, 0.25) is 0 Å². The molecule has 25 heavy (non-hydrogen) atoms. The Morgan fingerprint density at radius 2 is 2.12 bits per heavy atom. The molecule has 0 bridgehead atoms. The first kappa shape index (κ1) is 19.1. The van der Waals surface area contributed by atoms with Crippen LogP contribution in [-0.4, -0.2) is 26.8 Å². The summed E-state index contributed by atoms with van der Waals surface area (Å²) in [7, 11) is 0. The molecule has 132 valence electrons. The Kier molecular flexibility index (Phi) is 5.91. The number of carbonyl (C=O) groups is 1. The lowest BCUT2D eigenvalue weighted by Gasteiger charge is -2.27. The summed E-state index contributed by atoms with van der Waals surface area (Å²) >= 11 is 1.36. The van der Waals surface area contributed by atoms with Crippen LogP contribution in [-0.2, 0) is 4.79 Å². The van der Waals surface area contributed by atoms with Crippen LogP contribution in [0, 0.1) is 31.1 Å². The topological polar surface area (TPSA) is 70.7 Å². The van der Waals surface area contributed by atoms with E-state index < -0.39 is 5.54 Å². The van der Waals surface area contributed by atoms with Gasteiger partial charge in [0.2, 0.25) is 5.91 Å². The molecule has 0 saturated carbocycles. The van der Waals surface area contributed by atoms with Gasteiger partial charge in [0.1, 0.15) is 5.54 Å². The number of benzene rings is 1. The maximum absolute atomic E-state index is 12.2. The van der Waals surface area contributed by atoms with Gasteiger partial charge in [-0.3, -0.25) is 9.36 Å². The first-order valence-corrected chi connectivity index (χ1v) is 9.21. The van der Waals surface area contributed by atoms with Crippen molar-refractivity contribution in [2.45, 2.75) is 45.3 Å². The molecule has 2 rings (SSSR count). The third-order valence-electron chi connectivity index (χ3n) is 4.49. The molecule has 2 aromatic rings. The summed E-state index contributed by atoms with van der Waals surface area (Å²) in [5.74, 6) is 0.0765. The zero-order valence-corrected chi connectivity index (χ0v) is 16.1. The molecule has 1 aromatic carbocycles. The van der Waals surface area contributed by atoms with Gasteiger partial charge < -0.3 is 5.32 Å². The fourth-order valence-electron chi connectivity index (χ4n) is 2.23. The highest BCUT2D eigenvalue weighted by Crippen LogP contribution is 2.22. The van der Waals surface area contributed by atoms with E-state index in [1.807, 2.05) is 30.7 Å². The van der Waals surface area contributed by atoms with E-state index in [1.165, 1.54) is 22.9 Å². The second-order valence-electron chi connectivity index (χ2n) is 6.65. The fourth-order valence-corrected chi connectivity index (χ4v) is 3.00. The van der Waals surface area contributed by atoms with Crippen LogP contribution >= 0.6 is 11.8 Å². The lowest BCUT2D eigenvalue weighted by atomic mass is 9.90. The second kappa shape index (κ2) is 7.75. The van der Waals surface area contributed by atoms with E-state index >= 15 is 0 Å². The Morgan fingerprint density at radius 1 is 1.40 bits per heavy atom. The Labute approximate surface area is 153 Å². The van der Waals surface area contributed by atoms with E-state index in [1.54, 1.807) is 13.1 Å². The fraction of sp³-hybridized carbons (Fsp3) is 0.421. The predicted molar refractivity (Wildman–Crippen MR) is 101 cm³/mol. The largest absolute Gasteiger partial charge is 0.337 e. The second-order valence-corrected chi connectivity index (χ2v) is 7.60. The number of hydrogen-bond acceptors (Lipinski definition) is 4. The highest BCUT2D eigenvalue weighted by atomic mass is 32.2. The zero-order chi connectivity index (χ0) is 18.6. The Morgan fingerprint density at radius 3 is 2.72 bits per heavy atom. The number of imidazole rings is 1. The maximum Gasteiger partial charge on any atom is 0.231 e. The number of hydrogen-bond donors (Lipinski definition) is 1. The Balaban J connectivity index is 2.08. The number of rotatable bonds is 6. The summed E-state index contributed by atoms with van der Waals surface area (Å²) in [4.78, 5) is 16.6. The summed E-state index contributed by atoms with van der Waals surface area (Å²) in [6, 6.07) is 8.41. The summed E-state index contributed by atoms with van der Waals surface area (Å²) in [6.45, 7) is 9.74. The maximum atomic E-state index is 12.2. The van der Waals surface area contributed by atoms with Gasteiger partial charge in [0.05, 0.1) is 11.8 Å². The van der Waals surface area contributed by atoms with Gasteiger partial charge >= 0.3 is 0 Å². The Hall–Kier alpha value is -2.26. The lowest BCUT2D eigenvalue weighted by molar-refractivity contribution is -0.120. The SMILES string of the molecule is Cc1ccc(-n2ccnc2SCC(=O)N[C@@](C)(C#N)C(C)C)cc1C. The van der Waals surface area contributed by atoms with Crippen LogP contribution in [0.25, 0.3) is 5.69 Å². The summed E-state index contributed by atoms with van der Waals surface area (Å²) in [5.41, 5.74) is 2.61. The van der Waals surface area contributed by atoms with Crippen molar-refractivity contribution in [2.24, 2.45) is 5.92 Å². The number of carbonyl (C=O) groups excluding carboxylic acids is 1. The molecule has 5 nitrogen and oxygen atoms in total. The number of thioether (sulfide) groups is 1. The van der Waals surface area contributed by atoms with Crippen molar-refractivity contribution < 1.29 is 4.79 Å². The molecule has 6 heteroatoms. The van der Waals surface area contributed by atoms with Gasteiger partial charge in [0.25, 0.3) is 0 Å². The van der Waals surface area contributed by atoms with Crippen LogP contribution in [0.1, 0.15) is 31.9 Å². The van der Waals surface area contributed by atoms with Crippen LogP contribution in [0.15, 0.2) is 35.7 Å². The summed E-state index contributed by atoms with van der Waals surface area (Å²) < 4.78 is 1.97. The van der Waals surface area contributed by atoms with E-state index in [2.05, 4.69) is 42.4 Å². The smallest absolute Gasteiger partial charge is 0.231 e. The molecular formula is C19H24N4OS. The number of nitrogens with zero attached hydrogens (tertiary/aromatic N) is 3. The van der Waals surface area contributed by atoms with Gasteiger partial charge in [-0.2, -0.15) is 5.26 Å². The number of aryl methyl sites for hydroxylation is 2. The first-order valence-electron chi connectivity index (χ1n) is 8.23. The van der Waals surface area contributed by atoms with Crippen LogP contribution in [0.5, 0.6) is 0 Å². The summed E-state index contributed by atoms with van der Waals surface area (Å²) in [6.07, 6.45) is 3.61. The molecule has 1 aromatic heterocycles.